The van der Waals surface area contributed by atoms with Gasteiger partial charge in [0.1, 0.15) is 10.8 Å². The minimum absolute atomic E-state index is 0.269. The zero-order chi connectivity index (χ0) is 11.5. The number of hydrogen-bond donors (Lipinski definition) is 1. The molecular weight excluding hydrogens is 284 g/mol. The van der Waals surface area contributed by atoms with Gasteiger partial charge in [0.25, 0.3) is 0 Å². The largest absolute Gasteiger partial charge is 0.383 e. The zero-order valence-corrected chi connectivity index (χ0v) is 10.5. The highest BCUT2D eigenvalue weighted by molar-refractivity contribution is 9.09. The lowest BCUT2D eigenvalue weighted by molar-refractivity contribution is 0.271. The van der Waals surface area contributed by atoms with Crippen molar-refractivity contribution in [1.29, 1.82) is 0 Å². The van der Waals surface area contributed by atoms with Crippen LogP contribution in [0, 0.1) is 0 Å². The maximum absolute atomic E-state index is 10.8. The maximum Gasteiger partial charge on any atom is 0.306 e. The molecule has 0 heterocycles. The van der Waals surface area contributed by atoms with Crippen molar-refractivity contribution >= 4 is 26.0 Å². The average molecular weight is 295 g/mol. The minimum Gasteiger partial charge on any atom is -0.383 e. The van der Waals surface area contributed by atoms with Gasteiger partial charge in [0, 0.05) is 6.42 Å². The Kier molecular flexibility index (Phi) is 4.12. The summed E-state index contributed by atoms with van der Waals surface area (Å²) in [7, 11) is -3.47. The van der Waals surface area contributed by atoms with E-state index in [1.165, 1.54) is 0 Å². The summed E-state index contributed by atoms with van der Waals surface area (Å²) in [4.78, 5) is 0. The van der Waals surface area contributed by atoms with Crippen molar-refractivity contribution in [2.45, 2.75) is 11.4 Å². The number of halogens is 1. The van der Waals surface area contributed by atoms with Gasteiger partial charge in [0.15, 0.2) is 0 Å². The molecular formula is C9H11BrO4S. The van der Waals surface area contributed by atoms with Crippen LogP contribution in [0.1, 0.15) is 5.56 Å². The molecule has 4 nitrogen and oxygen atoms in total. The molecule has 6 heteroatoms. The van der Waals surface area contributed by atoms with Gasteiger partial charge < -0.3 is 9.29 Å². The molecule has 1 rings (SSSR count). The van der Waals surface area contributed by atoms with Gasteiger partial charge in [-0.1, -0.05) is 28.1 Å². The van der Waals surface area contributed by atoms with Gasteiger partial charge in [-0.05, 0) is 17.7 Å². The molecule has 0 bridgehead atoms. The summed E-state index contributed by atoms with van der Waals surface area (Å²) in [6.45, 7) is 0. The average Bonchev–Trinajstić information content (AvgIpc) is 2.05. The van der Waals surface area contributed by atoms with Crippen LogP contribution < -0.4 is 4.18 Å². The molecule has 84 valence electrons. The van der Waals surface area contributed by atoms with Gasteiger partial charge in [-0.3, -0.25) is 0 Å². The molecule has 0 saturated carbocycles. The van der Waals surface area contributed by atoms with E-state index in [9.17, 15) is 8.42 Å². The molecule has 0 radical (unpaired) electrons. The molecule has 1 N–H and O–H groups in total. The first-order chi connectivity index (χ1) is 6.87. The second-order valence-corrected chi connectivity index (χ2v) is 5.70. The van der Waals surface area contributed by atoms with Crippen LogP contribution >= 0.6 is 15.9 Å². The molecule has 0 spiro atoms. The highest BCUT2D eigenvalue weighted by atomic mass is 79.9. The molecule has 0 aromatic heterocycles. The molecule has 1 aromatic rings. The summed E-state index contributed by atoms with van der Waals surface area (Å²) in [6, 6.07) is 6.49. The minimum atomic E-state index is -3.47. The van der Waals surface area contributed by atoms with E-state index in [4.69, 9.17) is 5.11 Å². The Hall–Kier alpha value is -0.590. The van der Waals surface area contributed by atoms with Crippen molar-refractivity contribution in [3.63, 3.8) is 0 Å². The predicted molar refractivity (Wildman–Crippen MR) is 60.6 cm³/mol. The Morgan fingerprint density at radius 2 is 1.93 bits per heavy atom. The second kappa shape index (κ2) is 4.96. The van der Waals surface area contributed by atoms with Crippen LogP contribution in [-0.4, -0.2) is 24.8 Å². The van der Waals surface area contributed by atoms with Crippen LogP contribution in [-0.2, 0) is 16.5 Å². The van der Waals surface area contributed by atoms with Crippen molar-refractivity contribution < 1.29 is 17.7 Å². The van der Waals surface area contributed by atoms with Crippen LogP contribution in [0.2, 0.25) is 0 Å². The van der Waals surface area contributed by atoms with Crippen molar-refractivity contribution in [2.24, 2.45) is 0 Å². The highest BCUT2D eigenvalue weighted by Crippen LogP contribution is 2.15. The Morgan fingerprint density at radius 3 is 2.33 bits per heavy atom. The molecule has 15 heavy (non-hydrogen) atoms. The third-order valence-corrected chi connectivity index (χ3v) is 2.39. The molecule has 1 unspecified atom stereocenters. The van der Waals surface area contributed by atoms with E-state index in [1.54, 1.807) is 24.3 Å². The van der Waals surface area contributed by atoms with Gasteiger partial charge in [-0.25, -0.2) is 0 Å². The predicted octanol–water partition coefficient (Wildman–Crippen LogP) is 1.28. The molecule has 1 aromatic carbocycles. The molecule has 0 aliphatic carbocycles. The zero-order valence-electron chi connectivity index (χ0n) is 8.05. The van der Waals surface area contributed by atoms with Crippen LogP contribution in [0.25, 0.3) is 0 Å². The quantitative estimate of drug-likeness (QED) is 0.671. The van der Waals surface area contributed by atoms with E-state index in [1.807, 2.05) is 0 Å². The van der Waals surface area contributed by atoms with Crippen LogP contribution in [0.5, 0.6) is 5.75 Å². The monoisotopic (exact) mass is 294 g/mol. The summed E-state index contributed by atoms with van der Waals surface area (Å²) < 4.78 is 26.2. The van der Waals surface area contributed by atoms with E-state index in [-0.39, 0.29) is 5.75 Å². The van der Waals surface area contributed by atoms with Crippen molar-refractivity contribution in [2.75, 3.05) is 6.26 Å². The van der Waals surface area contributed by atoms with Crippen molar-refractivity contribution in [3.8, 4) is 5.75 Å². The van der Waals surface area contributed by atoms with Gasteiger partial charge in [0.2, 0.25) is 0 Å². The first-order valence-electron chi connectivity index (χ1n) is 4.17. The van der Waals surface area contributed by atoms with Gasteiger partial charge in [0.05, 0.1) is 6.26 Å². The smallest absolute Gasteiger partial charge is 0.306 e. The fraction of sp³-hybridized carbons (Fsp3) is 0.333. The van der Waals surface area contributed by atoms with E-state index < -0.39 is 15.1 Å². The standard InChI is InChI=1S/C9H11BrO4S/c1-15(12,13)14-8-4-2-7(3-5-8)6-9(10)11/h2-5,9,11H,6H2,1H3. The van der Waals surface area contributed by atoms with Gasteiger partial charge in [-0.2, -0.15) is 8.42 Å². The summed E-state index contributed by atoms with van der Waals surface area (Å²) in [5, 5.41) is 8.45. The Bertz CT molecular complexity index is 410. The van der Waals surface area contributed by atoms with E-state index in [0.717, 1.165) is 11.8 Å². The fourth-order valence-electron chi connectivity index (χ4n) is 1.05. The number of hydrogen-bond acceptors (Lipinski definition) is 4. The Morgan fingerprint density at radius 1 is 1.40 bits per heavy atom. The molecule has 1 atom stereocenters. The topological polar surface area (TPSA) is 63.6 Å². The Balaban J connectivity index is 2.73. The third-order valence-electron chi connectivity index (χ3n) is 1.58. The van der Waals surface area contributed by atoms with Gasteiger partial charge in [-0.15, -0.1) is 0 Å². The first kappa shape index (κ1) is 12.5. The highest BCUT2D eigenvalue weighted by Gasteiger charge is 2.05. The van der Waals surface area contributed by atoms with E-state index in [0.29, 0.717) is 6.42 Å². The normalized spacial score (nSPS) is 13.5. The summed E-state index contributed by atoms with van der Waals surface area (Å²) in [6.07, 6.45) is 1.45. The summed E-state index contributed by atoms with van der Waals surface area (Å²) in [5.41, 5.74) is 0.889. The van der Waals surface area contributed by atoms with Crippen LogP contribution in [0.4, 0.5) is 0 Å². The number of aliphatic hydroxyl groups is 1. The second-order valence-electron chi connectivity index (χ2n) is 3.07. The van der Waals surface area contributed by atoms with Crippen LogP contribution in [0.3, 0.4) is 0 Å². The maximum atomic E-state index is 10.8. The molecule has 0 amide bonds. The molecule has 0 saturated heterocycles. The molecule has 0 fully saturated rings. The lowest BCUT2D eigenvalue weighted by atomic mass is 10.1. The van der Waals surface area contributed by atoms with Crippen molar-refractivity contribution in [3.05, 3.63) is 29.8 Å². The fourth-order valence-corrected chi connectivity index (χ4v) is 1.88. The first-order valence-corrected chi connectivity index (χ1v) is 6.90. The Labute approximate surface area is 97.1 Å². The number of rotatable bonds is 4. The summed E-state index contributed by atoms with van der Waals surface area (Å²) >= 11 is 3.01. The summed E-state index contributed by atoms with van der Waals surface area (Å²) in [5.74, 6) is 0.269. The lowest BCUT2D eigenvalue weighted by Crippen LogP contribution is -2.06. The number of benzene rings is 1. The molecule has 0 aliphatic rings. The van der Waals surface area contributed by atoms with Gasteiger partial charge >= 0.3 is 10.1 Å². The third kappa shape index (κ3) is 5.15. The van der Waals surface area contributed by atoms with Crippen LogP contribution in [0.15, 0.2) is 24.3 Å². The van der Waals surface area contributed by atoms with Crippen molar-refractivity contribution in [1.82, 2.24) is 0 Å². The molecule has 0 aliphatic heterocycles. The number of alkyl halides is 1. The lowest BCUT2D eigenvalue weighted by Gasteiger charge is -2.05. The number of aliphatic hydroxyl groups excluding tert-OH is 1. The van der Waals surface area contributed by atoms with E-state index in [2.05, 4.69) is 20.1 Å². The van der Waals surface area contributed by atoms with E-state index >= 15 is 0 Å². The SMILES string of the molecule is CS(=O)(=O)Oc1ccc(CC(O)Br)cc1.